The van der Waals surface area contributed by atoms with Crippen molar-refractivity contribution in [2.75, 3.05) is 12.5 Å². The fourth-order valence-electron chi connectivity index (χ4n) is 0.840. The number of pyridine rings is 1. The summed E-state index contributed by atoms with van der Waals surface area (Å²) in [5.74, 6) is 0.401. The molecule has 1 heterocycles. The summed E-state index contributed by atoms with van der Waals surface area (Å²) in [4.78, 5) is 3.90. The first-order valence-corrected chi connectivity index (χ1v) is 6.62. The van der Waals surface area contributed by atoms with Crippen molar-refractivity contribution in [1.29, 1.82) is 0 Å². The van der Waals surface area contributed by atoms with E-state index in [1.165, 1.54) is 0 Å². The highest BCUT2D eigenvalue weighted by atomic mass is 32.2. The van der Waals surface area contributed by atoms with Crippen LogP contribution in [0.2, 0.25) is 0 Å². The normalized spacial score (nSPS) is 11.2. The lowest BCUT2D eigenvalue weighted by atomic mass is 10.2. The molecule has 2 N–H and O–H groups in total. The van der Waals surface area contributed by atoms with Crippen molar-refractivity contribution >= 4 is 33.7 Å². The molecular weight excluding hydrogens is 228 g/mol. The summed E-state index contributed by atoms with van der Waals surface area (Å²) in [7, 11) is 0. The van der Waals surface area contributed by atoms with E-state index >= 15 is 0 Å². The summed E-state index contributed by atoms with van der Waals surface area (Å²) < 4.78 is 0.881. The molecule has 0 aliphatic rings. The molecule has 0 spiro atoms. The summed E-state index contributed by atoms with van der Waals surface area (Å²) in [6.07, 6.45) is 7.25. The largest absolute Gasteiger partial charge is 0.382 e. The van der Waals surface area contributed by atoms with Gasteiger partial charge in [-0.05, 0) is 24.6 Å². The zero-order valence-electron chi connectivity index (χ0n) is 8.54. The second-order valence-corrected chi connectivity index (χ2v) is 4.34. The number of thioether (sulfide) groups is 2. The Morgan fingerprint density at radius 1 is 1.20 bits per heavy atom. The molecule has 0 bridgehead atoms. The van der Waals surface area contributed by atoms with E-state index in [2.05, 4.69) is 15.2 Å². The topological polar surface area (TPSA) is 63.6 Å². The van der Waals surface area contributed by atoms with Crippen molar-refractivity contribution < 1.29 is 0 Å². The second kappa shape index (κ2) is 6.47. The van der Waals surface area contributed by atoms with Crippen LogP contribution in [0.5, 0.6) is 0 Å². The maximum Gasteiger partial charge on any atom is 0.153 e. The van der Waals surface area contributed by atoms with Crippen LogP contribution in [0.15, 0.2) is 34.7 Å². The van der Waals surface area contributed by atoms with Gasteiger partial charge in [-0.25, -0.2) is 0 Å². The van der Waals surface area contributed by atoms with Gasteiger partial charge in [0.25, 0.3) is 0 Å². The molecular formula is C9H12N4S2. The zero-order chi connectivity index (χ0) is 11.1. The van der Waals surface area contributed by atoms with Gasteiger partial charge in [-0.3, -0.25) is 4.98 Å². The molecule has 6 heteroatoms. The van der Waals surface area contributed by atoms with Gasteiger partial charge in [0.1, 0.15) is 0 Å². The fraction of sp³-hybridized carbons (Fsp3) is 0.222. The summed E-state index contributed by atoms with van der Waals surface area (Å²) >= 11 is 3.09. The van der Waals surface area contributed by atoms with Gasteiger partial charge in [0.15, 0.2) is 10.2 Å². The predicted molar refractivity (Wildman–Crippen MR) is 69.4 cm³/mol. The van der Waals surface area contributed by atoms with Crippen LogP contribution in [0.4, 0.5) is 0 Å². The molecule has 0 radical (unpaired) electrons. The van der Waals surface area contributed by atoms with Gasteiger partial charge in [-0.1, -0.05) is 0 Å². The van der Waals surface area contributed by atoms with E-state index in [1.807, 2.05) is 12.5 Å². The first kappa shape index (κ1) is 12.1. The molecule has 0 aromatic carbocycles. The molecule has 0 amide bonds. The van der Waals surface area contributed by atoms with Gasteiger partial charge in [0.2, 0.25) is 0 Å². The minimum atomic E-state index is 0.401. The molecule has 0 atom stereocenters. The standard InChI is InChI=1S/C9H12N4S2/c1-14-9(15-2)13-12-8(10)7-3-5-11-6-4-7/h3-6H,1-2H3,(H2,10,12). The molecule has 0 unspecified atom stereocenters. The summed E-state index contributed by atoms with van der Waals surface area (Å²) in [5, 5.41) is 7.97. The van der Waals surface area contributed by atoms with Crippen LogP contribution in [0.25, 0.3) is 0 Å². The summed E-state index contributed by atoms with van der Waals surface area (Å²) in [6.45, 7) is 0. The third-order valence-corrected chi connectivity index (χ3v) is 3.43. The molecule has 0 saturated heterocycles. The van der Waals surface area contributed by atoms with Crippen LogP contribution < -0.4 is 5.73 Å². The number of nitrogens with zero attached hydrogens (tertiary/aromatic N) is 3. The Bertz CT molecular complexity index is 356. The van der Waals surface area contributed by atoms with Crippen LogP contribution >= 0.6 is 23.5 Å². The first-order chi connectivity index (χ1) is 7.27. The van der Waals surface area contributed by atoms with Crippen LogP contribution in [0.1, 0.15) is 5.56 Å². The van der Waals surface area contributed by atoms with E-state index < -0.39 is 0 Å². The van der Waals surface area contributed by atoms with Gasteiger partial charge in [0.05, 0.1) is 0 Å². The minimum absolute atomic E-state index is 0.401. The van der Waals surface area contributed by atoms with Crippen LogP contribution in [-0.2, 0) is 0 Å². The Balaban J connectivity index is 2.81. The fourth-order valence-corrected chi connectivity index (χ4v) is 1.75. The number of nitrogens with two attached hydrogens (primary N) is 1. The third-order valence-electron chi connectivity index (χ3n) is 1.56. The lowest BCUT2D eigenvalue weighted by Crippen LogP contribution is -2.12. The Morgan fingerprint density at radius 2 is 1.80 bits per heavy atom. The maximum atomic E-state index is 5.75. The number of amidine groups is 1. The van der Waals surface area contributed by atoms with E-state index in [0.29, 0.717) is 5.84 Å². The SMILES string of the molecule is CSC(=N/N=C(\N)c1ccncc1)SC. The average Bonchev–Trinajstić information content (AvgIpc) is 2.31. The van der Waals surface area contributed by atoms with Gasteiger partial charge < -0.3 is 5.73 Å². The number of hydrogen-bond acceptors (Lipinski definition) is 5. The number of rotatable bonds is 2. The Kier molecular flexibility index (Phi) is 5.20. The quantitative estimate of drug-likeness (QED) is 0.486. The molecule has 0 aliphatic carbocycles. The van der Waals surface area contributed by atoms with E-state index in [-0.39, 0.29) is 0 Å². The molecule has 15 heavy (non-hydrogen) atoms. The zero-order valence-corrected chi connectivity index (χ0v) is 10.2. The van der Waals surface area contributed by atoms with Gasteiger partial charge >= 0.3 is 0 Å². The van der Waals surface area contributed by atoms with Gasteiger partial charge in [-0.15, -0.1) is 33.7 Å². The molecule has 0 saturated carbocycles. The Morgan fingerprint density at radius 3 is 2.33 bits per heavy atom. The van der Waals surface area contributed by atoms with E-state index in [1.54, 1.807) is 48.1 Å². The lowest BCUT2D eigenvalue weighted by Gasteiger charge is -1.97. The maximum absolute atomic E-state index is 5.75. The Labute approximate surface area is 97.5 Å². The van der Waals surface area contributed by atoms with E-state index in [0.717, 1.165) is 9.94 Å². The molecule has 80 valence electrons. The molecule has 0 fully saturated rings. The highest BCUT2D eigenvalue weighted by Crippen LogP contribution is 2.10. The predicted octanol–water partition coefficient (Wildman–Crippen LogP) is 1.78. The minimum Gasteiger partial charge on any atom is -0.382 e. The van der Waals surface area contributed by atoms with Crippen LogP contribution in [0, 0.1) is 0 Å². The smallest absolute Gasteiger partial charge is 0.153 e. The monoisotopic (exact) mass is 240 g/mol. The average molecular weight is 240 g/mol. The molecule has 4 nitrogen and oxygen atoms in total. The van der Waals surface area contributed by atoms with Crippen molar-refractivity contribution in [3.8, 4) is 0 Å². The van der Waals surface area contributed by atoms with Crippen LogP contribution in [-0.4, -0.2) is 27.7 Å². The Hall–Kier alpha value is -1.01. The number of hydrogen-bond donors (Lipinski definition) is 1. The molecule has 1 aromatic heterocycles. The summed E-state index contributed by atoms with van der Waals surface area (Å²) in [6, 6.07) is 3.60. The van der Waals surface area contributed by atoms with Crippen molar-refractivity contribution in [1.82, 2.24) is 4.98 Å². The van der Waals surface area contributed by atoms with Crippen molar-refractivity contribution in [3.63, 3.8) is 0 Å². The van der Waals surface area contributed by atoms with Crippen molar-refractivity contribution in [2.45, 2.75) is 0 Å². The van der Waals surface area contributed by atoms with E-state index in [9.17, 15) is 0 Å². The number of aromatic nitrogens is 1. The first-order valence-electron chi connectivity index (χ1n) is 4.17. The second-order valence-electron chi connectivity index (χ2n) is 2.50. The summed E-state index contributed by atoms with van der Waals surface area (Å²) in [5.41, 5.74) is 6.58. The van der Waals surface area contributed by atoms with Crippen molar-refractivity contribution in [3.05, 3.63) is 30.1 Å². The molecule has 1 rings (SSSR count). The van der Waals surface area contributed by atoms with Gasteiger partial charge in [-0.2, -0.15) is 0 Å². The molecule has 0 aliphatic heterocycles. The highest BCUT2D eigenvalue weighted by molar-refractivity contribution is 8.38. The third kappa shape index (κ3) is 3.93. The van der Waals surface area contributed by atoms with Crippen molar-refractivity contribution in [2.24, 2.45) is 15.9 Å². The van der Waals surface area contributed by atoms with Crippen LogP contribution in [0.3, 0.4) is 0 Å². The highest BCUT2D eigenvalue weighted by Gasteiger charge is 1.97. The molecule has 1 aromatic rings. The lowest BCUT2D eigenvalue weighted by molar-refractivity contribution is 1.23. The van der Waals surface area contributed by atoms with Gasteiger partial charge in [0, 0.05) is 18.0 Å². The van der Waals surface area contributed by atoms with E-state index in [4.69, 9.17) is 5.73 Å².